The van der Waals surface area contributed by atoms with Gasteiger partial charge in [0, 0.05) is 16.2 Å². The second kappa shape index (κ2) is 6.53. The molecular formula is C14H19F2NS. The van der Waals surface area contributed by atoms with Gasteiger partial charge in [-0.25, -0.2) is 8.78 Å². The zero-order valence-corrected chi connectivity index (χ0v) is 11.4. The highest BCUT2D eigenvalue weighted by Gasteiger charge is 2.25. The van der Waals surface area contributed by atoms with Crippen molar-refractivity contribution >= 4 is 11.8 Å². The van der Waals surface area contributed by atoms with Crippen LogP contribution in [0.15, 0.2) is 23.1 Å². The summed E-state index contributed by atoms with van der Waals surface area (Å²) < 4.78 is 26.6. The number of hydrogen-bond acceptors (Lipinski definition) is 2. The van der Waals surface area contributed by atoms with Crippen LogP contribution in [-0.2, 0) is 0 Å². The molecule has 0 amide bonds. The molecule has 1 saturated carbocycles. The van der Waals surface area contributed by atoms with Gasteiger partial charge in [-0.3, -0.25) is 0 Å². The van der Waals surface area contributed by atoms with E-state index in [0.717, 1.165) is 32.2 Å². The Balaban J connectivity index is 1.89. The van der Waals surface area contributed by atoms with Gasteiger partial charge in [0.1, 0.15) is 11.6 Å². The highest BCUT2D eigenvalue weighted by molar-refractivity contribution is 8.00. The maximum Gasteiger partial charge on any atom is 0.136 e. The minimum atomic E-state index is -0.363. The Morgan fingerprint density at radius 2 is 2.17 bits per heavy atom. The third kappa shape index (κ3) is 3.69. The number of halogens is 2. The zero-order chi connectivity index (χ0) is 13.0. The Morgan fingerprint density at radius 3 is 2.94 bits per heavy atom. The van der Waals surface area contributed by atoms with E-state index < -0.39 is 0 Å². The first-order valence-corrected chi connectivity index (χ1v) is 7.42. The lowest BCUT2D eigenvalue weighted by molar-refractivity contribution is 0.524. The van der Waals surface area contributed by atoms with E-state index >= 15 is 0 Å². The first kappa shape index (κ1) is 13.8. The number of hydrogen-bond donors (Lipinski definition) is 1. The minimum Gasteiger partial charge on any atom is -0.314 e. The quantitative estimate of drug-likeness (QED) is 0.869. The summed E-state index contributed by atoms with van der Waals surface area (Å²) in [6, 6.07) is 4.21. The molecule has 1 aromatic carbocycles. The zero-order valence-electron chi connectivity index (χ0n) is 10.6. The van der Waals surface area contributed by atoms with E-state index in [1.807, 2.05) is 0 Å². The predicted molar refractivity (Wildman–Crippen MR) is 71.9 cm³/mol. The minimum absolute atomic E-state index is 0.314. The molecular weight excluding hydrogens is 252 g/mol. The van der Waals surface area contributed by atoms with E-state index in [2.05, 4.69) is 12.2 Å². The molecule has 0 heterocycles. The Hall–Kier alpha value is -0.610. The van der Waals surface area contributed by atoms with Crippen LogP contribution >= 0.6 is 11.8 Å². The lowest BCUT2D eigenvalue weighted by atomic mass is 10.2. The number of rotatable bonds is 5. The van der Waals surface area contributed by atoms with Crippen molar-refractivity contribution in [3.8, 4) is 0 Å². The number of benzene rings is 1. The Bertz CT molecular complexity index is 397. The van der Waals surface area contributed by atoms with E-state index in [9.17, 15) is 8.78 Å². The molecule has 2 rings (SSSR count). The first-order chi connectivity index (χ1) is 8.69. The van der Waals surface area contributed by atoms with Gasteiger partial charge in [-0.15, -0.1) is 11.8 Å². The van der Waals surface area contributed by atoms with Gasteiger partial charge >= 0.3 is 0 Å². The Kier molecular flexibility index (Phi) is 5.01. The van der Waals surface area contributed by atoms with Crippen molar-refractivity contribution in [1.29, 1.82) is 0 Å². The van der Waals surface area contributed by atoms with E-state index in [0.29, 0.717) is 16.2 Å². The molecule has 1 aliphatic carbocycles. The van der Waals surface area contributed by atoms with Gasteiger partial charge < -0.3 is 5.32 Å². The topological polar surface area (TPSA) is 12.0 Å². The van der Waals surface area contributed by atoms with Crippen molar-refractivity contribution in [3.05, 3.63) is 29.8 Å². The van der Waals surface area contributed by atoms with Crippen molar-refractivity contribution in [2.75, 3.05) is 6.54 Å². The average molecular weight is 271 g/mol. The van der Waals surface area contributed by atoms with Crippen LogP contribution < -0.4 is 5.32 Å². The van der Waals surface area contributed by atoms with Crippen LogP contribution in [0.4, 0.5) is 8.78 Å². The lowest BCUT2D eigenvalue weighted by Crippen LogP contribution is -2.27. The monoisotopic (exact) mass is 271 g/mol. The van der Waals surface area contributed by atoms with Crippen LogP contribution in [0, 0.1) is 11.6 Å². The normalized spacial score (nSPS) is 23.5. The average Bonchev–Trinajstić information content (AvgIpc) is 2.79. The molecule has 2 atom stereocenters. The SMILES string of the molecule is CCCNC1CCC(Sc2cc(F)ccc2F)C1. The highest BCUT2D eigenvalue weighted by atomic mass is 32.2. The van der Waals surface area contributed by atoms with Crippen LogP contribution in [0.1, 0.15) is 32.6 Å². The number of thioether (sulfide) groups is 1. The summed E-state index contributed by atoms with van der Waals surface area (Å²) in [5, 5.41) is 3.89. The van der Waals surface area contributed by atoms with Gasteiger partial charge in [-0.2, -0.15) is 0 Å². The third-order valence-electron chi connectivity index (χ3n) is 3.25. The number of nitrogens with one attached hydrogen (secondary N) is 1. The summed E-state index contributed by atoms with van der Waals surface area (Å²) in [7, 11) is 0. The van der Waals surface area contributed by atoms with E-state index in [1.54, 1.807) is 0 Å². The Labute approximate surface area is 111 Å². The van der Waals surface area contributed by atoms with Crippen molar-refractivity contribution < 1.29 is 8.78 Å². The Morgan fingerprint density at radius 1 is 1.33 bits per heavy atom. The van der Waals surface area contributed by atoms with Crippen LogP contribution in [-0.4, -0.2) is 17.8 Å². The van der Waals surface area contributed by atoms with Crippen molar-refractivity contribution in [3.63, 3.8) is 0 Å². The molecule has 1 aromatic rings. The summed E-state index contributed by atoms with van der Waals surface area (Å²) in [5.41, 5.74) is 0. The van der Waals surface area contributed by atoms with Gasteiger partial charge in [0.25, 0.3) is 0 Å². The molecule has 4 heteroatoms. The van der Waals surface area contributed by atoms with Crippen molar-refractivity contribution in [2.45, 2.75) is 48.8 Å². The molecule has 0 saturated heterocycles. The summed E-state index contributed by atoms with van der Waals surface area (Å²) in [6.45, 7) is 3.19. The molecule has 0 bridgehead atoms. The molecule has 18 heavy (non-hydrogen) atoms. The smallest absolute Gasteiger partial charge is 0.136 e. The van der Waals surface area contributed by atoms with Gasteiger partial charge in [-0.1, -0.05) is 6.92 Å². The maximum absolute atomic E-state index is 13.5. The lowest BCUT2D eigenvalue weighted by Gasteiger charge is -2.13. The summed E-state index contributed by atoms with van der Waals surface area (Å²) in [5.74, 6) is -0.677. The highest BCUT2D eigenvalue weighted by Crippen LogP contribution is 2.36. The fourth-order valence-corrected chi connectivity index (χ4v) is 3.63. The third-order valence-corrected chi connectivity index (χ3v) is 4.58. The molecule has 0 spiro atoms. The van der Waals surface area contributed by atoms with Gasteiger partial charge in [0.15, 0.2) is 0 Å². The second-order valence-electron chi connectivity index (χ2n) is 4.78. The molecule has 1 fully saturated rings. The summed E-state index contributed by atoms with van der Waals surface area (Å²) in [4.78, 5) is 0.441. The fraction of sp³-hybridized carbons (Fsp3) is 0.571. The molecule has 0 radical (unpaired) electrons. The summed E-state index contributed by atoms with van der Waals surface area (Å²) in [6.07, 6.45) is 4.38. The molecule has 0 aliphatic heterocycles. The van der Waals surface area contributed by atoms with Crippen LogP contribution in [0.3, 0.4) is 0 Å². The molecule has 1 nitrogen and oxygen atoms in total. The van der Waals surface area contributed by atoms with Crippen LogP contribution in [0.25, 0.3) is 0 Å². The van der Waals surface area contributed by atoms with E-state index in [4.69, 9.17) is 0 Å². The van der Waals surface area contributed by atoms with Gasteiger partial charge in [0.2, 0.25) is 0 Å². The standard InChI is InChI=1S/C14H19F2NS/c1-2-7-17-11-4-5-12(9-11)18-14-8-10(15)3-6-13(14)16/h3,6,8,11-12,17H,2,4-5,7,9H2,1H3. The first-order valence-electron chi connectivity index (χ1n) is 6.54. The fourth-order valence-electron chi connectivity index (χ4n) is 2.33. The summed E-state index contributed by atoms with van der Waals surface area (Å²) >= 11 is 1.47. The van der Waals surface area contributed by atoms with E-state index in [1.165, 1.54) is 30.0 Å². The van der Waals surface area contributed by atoms with E-state index in [-0.39, 0.29) is 11.6 Å². The predicted octanol–water partition coefficient (Wildman–Crippen LogP) is 3.98. The largest absolute Gasteiger partial charge is 0.314 e. The van der Waals surface area contributed by atoms with Gasteiger partial charge in [0.05, 0.1) is 0 Å². The molecule has 1 aliphatic rings. The molecule has 100 valence electrons. The second-order valence-corrected chi connectivity index (χ2v) is 6.12. The molecule has 2 unspecified atom stereocenters. The van der Waals surface area contributed by atoms with Crippen LogP contribution in [0.5, 0.6) is 0 Å². The van der Waals surface area contributed by atoms with Gasteiger partial charge in [-0.05, 0) is 50.4 Å². The molecule has 0 aromatic heterocycles. The van der Waals surface area contributed by atoms with Crippen molar-refractivity contribution in [2.24, 2.45) is 0 Å². The maximum atomic E-state index is 13.5. The van der Waals surface area contributed by atoms with Crippen molar-refractivity contribution in [1.82, 2.24) is 5.32 Å². The van der Waals surface area contributed by atoms with Crippen LogP contribution in [0.2, 0.25) is 0 Å². The molecule has 1 N–H and O–H groups in total.